The van der Waals surface area contributed by atoms with Crippen LogP contribution in [0.3, 0.4) is 0 Å². The van der Waals surface area contributed by atoms with Crippen LogP contribution in [-0.2, 0) is 28.8 Å². The van der Waals surface area contributed by atoms with Crippen LogP contribution in [0, 0.1) is 29.6 Å². The van der Waals surface area contributed by atoms with Crippen molar-refractivity contribution in [2.75, 3.05) is 20.2 Å². The largest absolute Gasteiger partial charge is 0.504 e. The van der Waals surface area contributed by atoms with E-state index in [0.29, 0.717) is 50.5 Å². The zero-order chi connectivity index (χ0) is 32.4. The van der Waals surface area contributed by atoms with Gasteiger partial charge in [-0.05, 0) is 62.1 Å². The molecule has 2 saturated heterocycles. The van der Waals surface area contributed by atoms with Crippen LogP contribution in [0.2, 0.25) is 0 Å². The smallest absolute Gasteiger partial charge is 0.303 e. The van der Waals surface area contributed by atoms with Gasteiger partial charge in [0, 0.05) is 31.8 Å². The molecule has 6 atom stereocenters. The minimum Gasteiger partial charge on any atom is -0.504 e. The van der Waals surface area contributed by atoms with Crippen molar-refractivity contribution < 1.29 is 48.8 Å². The third kappa shape index (κ3) is 6.19. The topological polar surface area (TPSA) is 179 Å². The van der Waals surface area contributed by atoms with Crippen molar-refractivity contribution in [2.24, 2.45) is 29.6 Å². The number of rotatable bonds is 14. The van der Waals surface area contributed by atoms with Crippen molar-refractivity contribution in [3.8, 4) is 11.5 Å². The Kier molecular flexibility index (Phi) is 9.59. The van der Waals surface area contributed by atoms with Gasteiger partial charge in [-0.1, -0.05) is 30.6 Å². The number of aromatic hydroxyl groups is 1. The summed E-state index contributed by atoms with van der Waals surface area (Å²) in [4.78, 5) is 79.3. The maximum atomic E-state index is 13.9. The van der Waals surface area contributed by atoms with Crippen LogP contribution in [0.25, 0.3) is 0 Å². The van der Waals surface area contributed by atoms with Crippen molar-refractivity contribution in [3.05, 3.63) is 35.4 Å². The fourth-order valence-electron chi connectivity index (χ4n) is 7.88. The minimum atomic E-state index is -0.897. The van der Waals surface area contributed by atoms with Crippen LogP contribution in [0.4, 0.5) is 0 Å². The summed E-state index contributed by atoms with van der Waals surface area (Å²) in [5, 5.41) is 28.5. The van der Waals surface area contributed by atoms with E-state index < -0.39 is 47.4 Å². The lowest BCUT2D eigenvalue weighted by Gasteiger charge is -2.44. The number of carboxylic acid groups (broad SMARTS) is 2. The Bertz CT molecular complexity index is 1420. The Labute approximate surface area is 261 Å². The summed E-state index contributed by atoms with van der Waals surface area (Å²) in [5.41, 5.74) is 1.45. The number of ether oxygens (including phenoxy) is 1. The Balaban J connectivity index is 1.42. The Morgan fingerprint density at radius 3 is 1.91 bits per heavy atom. The van der Waals surface area contributed by atoms with E-state index in [0.717, 1.165) is 5.57 Å². The van der Waals surface area contributed by atoms with Gasteiger partial charge < -0.3 is 20.1 Å². The van der Waals surface area contributed by atoms with E-state index in [4.69, 9.17) is 14.9 Å². The van der Waals surface area contributed by atoms with Crippen molar-refractivity contribution in [1.82, 2.24) is 9.80 Å². The van der Waals surface area contributed by atoms with Crippen molar-refractivity contribution in [3.63, 3.8) is 0 Å². The van der Waals surface area contributed by atoms with Gasteiger partial charge in [0.15, 0.2) is 11.5 Å². The summed E-state index contributed by atoms with van der Waals surface area (Å²) >= 11 is 0. The number of unbranched alkanes of at least 4 members (excludes halogenated alkanes) is 4. The number of hydrogen-bond donors (Lipinski definition) is 3. The van der Waals surface area contributed by atoms with Gasteiger partial charge in [0.2, 0.25) is 23.6 Å². The number of benzene rings is 1. The van der Waals surface area contributed by atoms with E-state index in [9.17, 15) is 33.9 Å². The van der Waals surface area contributed by atoms with E-state index in [1.165, 1.54) is 23.0 Å². The van der Waals surface area contributed by atoms with Crippen molar-refractivity contribution in [1.29, 1.82) is 0 Å². The number of methoxy groups -OCH3 is 1. The molecular weight excluding hydrogens is 584 g/mol. The molecule has 0 unspecified atom stereocenters. The van der Waals surface area contributed by atoms with Crippen molar-refractivity contribution >= 4 is 35.6 Å². The van der Waals surface area contributed by atoms with Gasteiger partial charge in [-0.3, -0.25) is 38.6 Å². The molecule has 0 aromatic heterocycles. The summed E-state index contributed by atoms with van der Waals surface area (Å²) < 4.78 is 5.22. The fraction of sp³-hybridized carbons (Fsp3) is 0.576. The number of carboxylic acids is 2. The number of allylic oxidation sites excluding steroid dienone is 2. The number of phenolic OH excluding ortho intramolecular Hbond substituents is 1. The van der Waals surface area contributed by atoms with Gasteiger partial charge in [-0.2, -0.15) is 0 Å². The third-order valence-electron chi connectivity index (χ3n) is 9.94. The summed E-state index contributed by atoms with van der Waals surface area (Å²) in [6.07, 6.45) is 5.56. The first-order chi connectivity index (χ1) is 21.5. The second-order valence-corrected chi connectivity index (χ2v) is 12.5. The van der Waals surface area contributed by atoms with Gasteiger partial charge in [0.1, 0.15) is 0 Å². The zero-order valence-electron chi connectivity index (χ0n) is 25.4. The average Bonchev–Trinajstić information content (AvgIpc) is 3.39. The van der Waals surface area contributed by atoms with Crippen LogP contribution in [0.1, 0.15) is 75.7 Å². The van der Waals surface area contributed by atoms with Gasteiger partial charge in [-0.25, -0.2) is 0 Å². The molecule has 0 bridgehead atoms. The molecule has 2 aliphatic carbocycles. The summed E-state index contributed by atoms with van der Waals surface area (Å²) in [6, 6.07) is 4.90. The number of aliphatic carboxylic acids is 2. The molecule has 0 spiro atoms. The number of carbonyl (C=O) groups is 6. The average molecular weight is 625 g/mol. The lowest BCUT2D eigenvalue weighted by molar-refractivity contribution is -0.142. The molecule has 12 heteroatoms. The van der Waals surface area contributed by atoms with E-state index >= 15 is 0 Å². The maximum Gasteiger partial charge on any atom is 0.303 e. The standard InChI is InChI=1S/C33H40N2O10/c1-45-24-13-10-18(16-23(24)36)27-19-11-12-20-28(32(43)34(30(20)41)14-6-2-4-8-25(37)38)21(19)17-22-29(27)33(44)35(31(22)42)15-7-3-5-9-26(39)40/h10-11,13,16,20-22,27-29,36H,2-9,12,14-15,17H2,1H3,(H,37,38)(H,39,40)/t20-,21+,22+,27-,28-,29+/m0/s1. The second kappa shape index (κ2) is 13.4. The molecule has 4 aliphatic rings. The Hall–Kier alpha value is -4.22. The summed E-state index contributed by atoms with van der Waals surface area (Å²) in [6.45, 7) is 0.384. The SMILES string of the molecule is COc1ccc([C@H]2C3=CC[C@@H]4C(=O)N(CCCCCC(=O)O)C(=O)[C@@H]4[C@@H]3C[C@H]3C(=O)N(CCCCCC(=O)O)C(=O)[C@@H]23)cc1O. The first-order valence-corrected chi connectivity index (χ1v) is 15.8. The molecule has 2 aliphatic heterocycles. The number of amides is 4. The first kappa shape index (κ1) is 32.2. The second-order valence-electron chi connectivity index (χ2n) is 12.5. The minimum absolute atomic E-state index is 0.0146. The van der Waals surface area contributed by atoms with Crippen LogP contribution in [-0.4, -0.2) is 80.9 Å². The lowest BCUT2D eigenvalue weighted by atomic mass is 9.57. The number of nitrogens with zero attached hydrogens (tertiary/aromatic N) is 2. The van der Waals surface area contributed by atoms with E-state index in [-0.39, 0.29) is 67.5 Å². The number of hydrogen-bond acceptors (Lipinski definition) is 8. The molecule has 4 amide bonds. The number of likely N-dealkylation sites (tertiary alicyclic amines) is 2. The highest BCUT2D eigenvalue weighted by Crippen LogP contribution is 2.58. The third-order valence-corrected chi connectivity index (χ3v) is 9.94. The lowest BCUT2D eigenvalue weighted by Crippen LogP contribution is -2.43. The molecule has 3 N–H and O–H groups in total. The Morgan fingerprint density at radius 1 is 0.778 bits per heavy atom. The zero-order valence-corrected chi connectivity index (χ0v) is 25.4. The van der Waals surface area contributed by atoms with Gasteiger partial charge in [0.25, 0.3) is 0 Å². The van der Waals surface area contributed by atoms with Crippen LogP contribution >= 0.6 is 0 Å². The Morgan fingerprint density at radius 2 is 1.36 bits per heavy atom. The monoisotopic (exact) mass is 624 g/mol. The fourth-order valence-corrected chi connectivity index (χ4v) is 7.88. The number of fused-ring (bicyclic) bond motifs is 4. The van der Waals surface area contributed by atoms with E-state index in [1.54, 1.807) is 12.1 Å². The summed E-state index contributed by atoms with van der Waals surface area (Å²) in [5.74, 6) is -6.54. The molecule has 1 aromatic carbocycles. The molecule has 2 heterocycles. The first-order valence-electron chi connectivity index (χ1n) is 15.8. The predicted molar refractivity (Wildman–Crippen MR) is 158 cm³/mol. The number of phenols is 1. The number of carbonyl (C=O) groups excluding carboxylic acids is 4. The molecule has 12 nitrogen and oxygen atoms in total. The molecule has 242 valence electrons. The van der Waals surface area contributed by atoms with Crippen molar-refractivity contribution in [2.45, 2.75) is 70.1 Å². The highest BCUT2D eigenvalue weighted by Gasteiger charge is 2.61. The quantitative estimate of drug-likeness (QED) is 0.158. The van der Waals surface area contributed by atoms with E-state index in [2.05, 4.69) is 0 Å². The molecule has 5 rings (SSSR count). The molecule has 0 radical (unpaired) electrons. The van der Waals surface area contributed by atoms with Gasteiger partial charge >= 0.3 is 11.9 Å². The highest BCUT2D eigenvalue weighted by molar-refractivity contribution is 6.08. The summed E-state index contributed by atoms with van der Waals surface area (Å²) in [7, 11) is 1.43. The van der Waals surface area contributed by atoms with Crippen LogP contribution in [0.5, 0.6) is 11.5 Å². The van der Waals surface area contributed by atoms with Gasteiger partial charge in [0.05, 0.1) is 30.8 Å². The number of imide groups is 2. The molecule has 3 fully saturated rings. The molecular formula is C33H40N2O10. The maximum absolute atomic E-state index is 13.9. The normalized spacial score (nSPS) is 27.3. The molecule has 45 heavy (non-hydrogen) atoms. The molecule has 1 saturated carbocycles. The van der Waals surface area contributed by atoms with Gasteiger partial charge in [-0.15, -0.1) is 0 Å². The molecule has 1 aromatic rings. The van der Waals surface area contributed by atoms with Crippen LogP contribution < -0.4 is 4.74 Å². The van der Waals surface area contributed by atoms with Crippen LogP contribution in [0.15, 0.2) is 29.8 Å². The predicted octanol–water partition coefficient (Wildman–Crippen LogP) is 3.33. The highest BCUT2D eigenvalue weighted by atomic mass is 16.5. The van der Waals surface area contributed by atoms with E-state index in [1.807, 2.05) is 6.08 Å².